The second-order valence-corrected chi connectivity index (χ2v) is 11.6. The van der Waals surface area contributed by atoms with Gasteiger partial charge in [-0.1, -0.05) is 120 Å². The van der Waals surface area contributed by atoms with Gasteiger partial charge in [-0.05, 0) is 77.6 Å². The van der Waals surface area contributed by atoms with Crippen molar-refractivity contribution in [2.75, 3.05) is 11.5 Å². The van der Waals surface area contributed by atoms with Crippen LogP contribution in [0, 0.1) is 13.8 Å². The standard InChI is InChI=1S/C26H21N.C14H13N3/c1-18-10-12-19(13-11-18)26(20-14-16-21(27)17-15-20)24-8-4-2-6-22(24)23-7-3-5-9-25(23)26;1-9-2-4-10(5-3-9)14-16-12-7-6-11(15)8-13(12)17-14/h2-17H,27H2,1H3;2-8H,15H2,1H3,(H,16,17). The van der Waals surface area contributed by atoms with Crippen molar-refractivity contribution in [3.8, 4) is 22.5 Å². The van der Waals surface area contributed by atoms with Gasteiger partial charge in [0.15, 0.2) is 0 Å². The van der Waals surface area contributed by atoms with E-state index in [1.807, 2.05) is 30.3 Å². The molecule has 4 heteroatoms. The van der Waals surface area contributed by atoms with Crippen LogP contribution in [0.4, 0.5) is 11.4 Å². The first kappa shape index (κ1) is 27.2. The van der Waals surface area contributed by atoms with Gasteiger partial charge in [0.2, 0.25) is 0 Å². The molecule has 0 saturated heterocycles. The van der Waals surface area contributed by atoms with Gasteiger partial charge in [-0.15, -0.1) is 0 Å². The number of anilines is 2. The summed E-state index contributed by atoms with van der Waals surface area (Å²) in [5, 5.41) is 0. The van der Waals surface area contributed by atoms with E-state index in [9.17, 15) is 0 Å². The van der Waals surface area contributed by atoms with Gasteiger partial charge in [-0.2, -0.15) is 0 Å². The number of aromatic nitrogens is 2. The third kappa shape index (κ3) is 4.61. The molecule has 0 aliphatic heterocycles. The average Bonchev–Trinajstić information content (AvgIpc) is 3.60. The number of nitrogens with one attached hydrogen (secondary N) is 1. The van der Waals surface area contributed by atoms with Crippen LogP contribution in [0.1, 0.15) is 33.4 Å². The molecule has 0 radical (unpaired) electrons. The Morgan fingerprint density at radius 1 is 0.545 bits per heavy atom. The van der Waals surface area contributed by atoms with Crippen molar-refractivity contribution in [1.29, 1.82) is 0 Å². The Hall–Kier alpha value is -5.61. The van der Waals surface area contributed by atoms with Crippen LogP contribution in [0.25, 0.3) is 33.5 Å². The van der Waals surface area contributed by atoms with Crippen molar-refractivity contribution in [1.82, 2.24) is 9.97 Å². The number of imidazole rings is 1. The predicted octanol–water partition coefficient (Wildman–Crippen LogP) is 9.06. The highest BCUT2D eigenvalue weighted by atomic mass is 14.9. The fourth-order valence-electron chi connectivity index (χ4n) is 6.44. The molecular formula is C40H34N4. The van der Waals surface area contributed by atoms with Crippen LogP contribution < -0.4 is 11.5 Å². The SMILES string of the molecule is Cc1ccc(-c2nc3ccc(N)cc3[nH]2)cc1.Cc1ccc(C2(c3ccc(N)cc3)c3ccccc3-c3ccccc32)cc1. The number of nitrogens with two attached hydrogens (primary N) is 2. The number of aryl methyl sites for hydroxylation is 2. The van der Waals surface area contributed by atoms with Crippen LogP contribution in [-0.4, -0.2) is 9.97 Å². The predicted molar refractivity (Wildman–Crippen MR) is 184 cm³/mol. The number of nitrogens with zero attached hydrogens (tertiary/aromatic N) is 1. The molecule has 4 nitrogen and oxygen atoms in total. The van der Waals surface area contributed by atoms with Crippen molar-refractivity contribution in [3.05, 3.63) is 173 Å². The van der Waals surface area contributed by atoms with E-state index in [1.54, 1.807) is 0 Å². The minimum absolute atomic E-state index is 0.325. The fourth-order valence-corrected chi connectivity index (χ4v) is 6.44. The molecule has 6 aromatic carbocycles. The van der Waals surface area contributed by atoms with E-state index >= 15 is 0 Å². The molecule has 8 rings (SSSR count). The largest absolute Gasteiger partial charge is 0.399 e. The molecule has 5 N–H and O–H groups in total. The van der Waals surface area contributed by atoms with Crippen molar-refractivity contribution in [2.24, 2.45) is 0 Å². The first-order valence-electron chi connectivity index (χ1n) is 14.9. The monoisotopic (exact) mass is 570 g/mol. The average molecular weight is 571 g/mol. The molecule has 0 bridgehead atoms. The number of hydrogen-bond acceptors (Lipinski definition) is 3. The van der Waals surface area contributed by atoms with Crippen LogP contribution >= 0.6 is 0 Å². The number of fused-ring (bicyclic) bond motifs is 4. The van der Waals surface area contributed by atoms with E-state index in [4.69, 9.17) is 11.5 Å². The van der Waals surface area contributed by atoms with Gasteiger partial charge in [0.05, 0.1) is 16.4 Å². The fraction of sp³-hybridized carbons (Fsp3) is 0.0750. The lowest BCUT2D eigenvalue weighted by atomic mass is 9.67. The summed E-state index contributed by atoms with van der Waals surface area (Å²) in [6, 6.07) is 48.9. The van der Waals surface area contributed by atoms with Gasteiger partial charge >= 0.3 is 0 Å². The number of rotatable bonds is 3. The lowest BCUT2D eigenvalue weighted by Gasteiger charge is -2.34. The maximum absolute atomic E-state index is 6.02. The van der Waals surface area contributed by atoms with Gasteiger partial charge in [0.25, 0.3) is 0 Å². The Bertz CT molecular complexity index is 1990. The van der Waals surface area contributed by atoms with Crippen molar-refractivity contribution in [3.63, 3.8) is 0 Å². The minimum atomic E-state index is -0.325. The van der Waals surface area contributed by atoms with Gasteiger partial charge < -0.3 is 16.5 Å². The Morgan fingerprint density at radius 2 is 1.05 bits per heavy atom. The van der Waals surface area contributed by atoms with E-state index in [1.165, 1.54) is 44.5 Å². The molecule has 44 heavy (non-hydrogen) atoms. The topological polar surface area (TPSA) is 80.7 Å². The molecule has 1 aliphatic rings. The van der Waals surface area contributed by atoms with Gasteiger partial charge in [0, 0.05) is 16.9 Å². The number of benzene rings is 6. The zero-order valence-corrected chi connectivity index (χ0v) is 24.9. The van der Waals surface area contributed by atoms with E-state index in [0.717, 1.165) is 33.8 Å². The van der Waals surface area contributed by atoms with Crippen LogP contribution in [0.3, 0.4) is 0 Å². The second kappa shape index (κ2) is 10.9. The number of nitrogen functional groups attached to an aromatic ring is 2. The first-order chi connectivity index (χ1) is 21.4. The van der Waals surface area contributed by atoms with Crippen molar-refractivity contribution in [2.45, 2.75) is 19.3 Å². The molecule has 1 aromatic heterocycles. The zero-order valence-electron chi connectivity index (χ0n) is 24.9. The van der Waals surface area contributed by atoms with Crippen LogP contribution in [0.2, 0.25) is 0 Å². The second-order valence-electron chi connectivity index (χ2n) is 11.6. The Balaban J connectivity index is 0.000000158. The lowest BCUT2D eigenvalue weighted by molar-refractivity contribution is 0.768. The highest BCUT2D eigenvalue weighted by Crippen LogP contribution is 2.55. The molecule has 0 fully saturated rings. The van der Waals surface area contributed by atoms with Crippen LogP contribution in [0.15, 0.2) is 140 Å². The Kier molecular flexibility index (Phi) is 6.75. The first-order valence-corrected chi connectivity index (χ1v) is 14.9. The van der Waals surface area contributed by atoms with Gasteiger partial charge in [-0.3, -0.25) is 0 Å². The summed E-state index contributed by atoms with van der Waals surface area (Å²) in [4.78, 5) is 7.82. The quantitative estimate of drug-likeness (QED) is 0.185. The molecule has 0 saturated carbocycles. The zero-order chi connectivity index (χ0) is 30.3. The summed E-state index contributed by atoms with van der Waals surface area (Å²) in [5.74, 6) is 0.880. The highest BCUT2D eigenvalue weighted by Gasteiger charge is 2.45. The maximum Gasteiger partial charge on any atom is 0.138 e. The van der Waals surface area contributed by atoms with Gasteiger partial charge in [0.1, 0.15) is 5.82 Å². The van der Waals surface area contributed by atoms with Gasteiger partial charge in [-0.25, -0.2) is 4.98 Å². The summed E-state index contributed by atoms with van der Waals surface area (Å²) in [7, 11) is 0. The molecule has 1 aliphatic carbocycles. The minimum Gasteiger partial charge on any atom is -0.399 e. The van der Waals surface area contributed by atoms with Crippen LogP contribution in [0.5, 0.6) is 0 Å². The molecular weight excluding hydrogens is 536 g/mol. The van der Waals surface area contributed by atoms with E-state index in [2.05, 4.69) is 133 Å². The summed E-state index contributed by atoms with van der Waals surface area (Å²) in [6.07, 6.45) is 0. The molecule has 0 amide bonds. The number of hydrogen-bond donors (Lipinski definition) is 3. The molecule has 7 aromatic rings. The number of aromatic amines is 1. The third-order valence-corrected chi connectivity index (χ3v) is 8.61. The summed E-state index contributed by atoms with van der Waals surface area (Å²) in [6.45, 7) is 4.21. The smallest absolute Gasteiger partial charge is 0.138 e. The normalized spacial score (nSPS) is 12.7. The van der Waals surface area contributed by atoms with Crippen molar-refractivity contribution >= 4 is 22.4 Å². The third-order valence-electron chi connectivity index (χ3n) is 8.61. The molecule has 214 valence electrons. The molecule has 0 atom stereocenters. The lowest BCUT2D eigenvalue weighted by Crippen LogP contribution is -2.28. The van der Waals surface area contributed by atoms with E-state index < -0.39 is 0 Å². The van der Waals surface area contributed by atoms with E-state index in [0.29, 0.717) is 0 Å². The summed E-state index contributed by atoms with van der Waals surface area (Å²) < 4.78 is 0. The highest BCUT2D eigenvalue weighted by molar-refractivity contribution is 5.86. The summed E-state index contributed by atoms with van der Waals surface area (Å²) in [5.41, 5.74) is 26.3. The molecule has 1 heterocycles. The van der Waals surface area contributed by atoms with E-state index in [-0.39, 0.29) is 5.41 Å². The summed E-state index contributed by atoms with van der Waals surface area (Å²) >= 11 is 0. The Labute approximate surface area is 258 Å². The van der Waals surface area contributed by atoms with Crippen molar-refractivity contribution < 1.29 is 0 Å². The molecule has 0 unspecified atom stereocenters. The maximum atomic E-state index is 6.02. The number of H-pyrrole nitrogens is 1. The van der Waals surface area contributed by atoms with Crippen LogP contribution in [-0.2, 0) is 5.41 Å². The Morgan fingerprint density at radius 3 is 1.64 bits per heavy atom. The molecule has 0 spiro atoms.